The average molecular weight is 264 g/mol. The molecule has 0 aliphatic carbocycles. The quantitative estimate of drug-likeness (QED) is 0.694. The molecule has 0 fully saturated rings. The summed E-state index contributed by atoms with van der Waals surface area (Å²) < 4.78 is 5.17. The van der Waals surface area contributed by atoms with E-state index >= 15 is 0 Å². The van der Waals surface area contributed by atoms with Crippen molar-refractivity contribution in [1.29, 1.82) is 0 Å². The van der Waals surface area contributed by atoms with Crippen molar-refractivity contribution >= 4 is 0 Å². The summed E-state index contributed by atoms with van der Waals surface area (Å²) in [5, 5.41) is 3.57. The number of rotatable bonds is 9. The number of methoxy groups -OCH3 is 1. The van der Waals surface area contributed by atoms with E-state index < -0.39 is 0 Å². The van der Waals surface area contributed by atoms with Crippen molar-refractivity contribution in [2.24, 2.45) is 0 Å². The third-order valence-corrected chi connectivity index (χ3v) is 3.61. The summed E-state index contributed by atoms with van der Waals surface area (Å²) in [5.74, 6) is 0.914. The van der Waals surface area contributed by atoms with Crippen LogP contribution in [-0.4, -0.2) is 38.2 Å². The van der Waals surface area contributed by atoms with Crippen molar-refractivity contribution in [3.05, 3.63) is 29.8 Å². The summed E-state index contributed by atoms with van der Waals surface area (Å²) in [4.78, 5) is 2.46. The molecule has 3 nitrogen and oxygen atoms in total. The van der Waals surface area contributed by atoms with Crippen LogP contribution in [-0.2, 0) is 0 Å². The highest BCUT2D eigenvalue weighted by Gasteiger charge is 2.05. The summed E-state index contributed by atoms with van der Waals surface area (Å²) in [5.41, 5.74) is 1.31. The number of nitrogens with one attached hydrogen (secondary N) is 1. The summed E-state index contributed by atoms with van der Waals surface area (Å²) in [6.07, 6.45) is 1.20. The molecule has 1 unspecified atom stereocenters. The predicted octanol–water partition coefficient (Wildman–Crippen LogP) is 3.08. The Balaban J connectivity index is 2.28. The number of hydrogen-bond donors (Lipinski definition) is 1. The van der Waals surface area contributed by atoms with Gasteiger partial charge in [0.1, 0.15) is 5.75 Å². The molecule has 0 heterocycles. The van der Waals surface area contributed by atoms with Crippen LogP contribution >= 0.6 is 0 Å². The van der Waals surface area contributed by atoms with E-state index in [0.29, 0.717) is 6.04 Å². The van der Waals surface area contributed by atoms with Crippen LogP contribution < -0.4 is 10.1 Å². The van der Waals surface area contributed by atoms with Gasteiger partial charge in [-0.3, -0.25) is 0 Å². The van der Waals surface area contributed by atoms with Gasteiger partial charge in [0.15, 0.2) is 0 Å². The number of hydrogen-bond acceptors (Lipinski definition) is 3. The number of nitrogens with zero attached hydrogens (tertiary/aromatic N) is 1. The van der Waals surface area contributed by atoms with Crippen LogP contribution in [0.2, 0.25) is 0 Å². The number of ether oxygens (including phenoxy) is 1. The zero-order valence-corrected chi connectivity index (χ0v) is 12.8. The minimum Gasteiger partial charge on any atom is -0.497 e. The third kappa shape index (κ3) is 5.62. The zero-order chi connectivity index (χ0) is 14.1. The van der Waals surface area contributed by atoms with Gasteiger partial charge in [0.25, 0.3) is 0 Å². The van der Waals surface area contributed by atoms with Gasteiger partial charge in [0, 0.05) is 6.04 Å². The highest BCUT2D eigenvalue weighted by atomic mass is 16.5. The van der Waals surface area contributed by atoms with E-state index in [0.717, 1.165) is 25.4 Å². The van der Waals surface area contributed by atoms with Gasteiger partial charge in [0.05, 0.1) is 7.11 Å². The van der Waals surface area contributed by atoms with Gasteiger partial charge in [-0.05, 0) is 57.2 Å². The first-order valence-corrected chi connectivity index (χ1v) is 7.30. The molecule has 0 radical (unpaired) electrons. The summed E-state index contributed by atoms with van der Waals surface area (Å²) in [6.45, 7) is 11.2. The normalized spacial score (nSPS) is 12.7. The van der Waals surface area contributed by atoms with Crippen LogP contribution in [0.15, 0.2) is 24.3 Å². The minimum atomic E-state index is 0.391. The average Bonchev–Trinajstić information content (AvgIpc) is 2.47. The molecule has 0 aliphatic heterocycles. The highest BCUT2D eigenvalue weighted by Crippen LogP contribution is 2.16. The van der Waals surface area contributed by atoms with Crippen LogP contribution in [0.25, 0.3) is 0 Å². The van der Waals surface area contributed by atoms with Crippen molar-refractivity contribution in [2.75, 3.05) is 33.3 Å². The minimum absolute atomic E-state index is 0.391. The van der Waals surface area contributed by atoms with E-state index in [1.54, 1.807) is 7.11 Å². The van der Waals surface area contributed by atoms with E-state index in [-0.39, 0.29) is 0 Å². The lowest BCUT2D eigenvalue weighted by atomic mass is 10.1. The van der Waals surface area contributed by atoms with Gasteiger partial charge in [-0.1, -0.05) is 26.0 Å². The van der Waals surface area contributed by atoms with E-state index in [2.05, 4.69) is 43.1 Å². The second-order valence-electron chi connectivity index (χ2n) is 4.83. The van der Waals surface area contributed by atoms with Crippen molar-refractivity contribution in [2.45, 2.75) is 33.2 Å². The summed E-state index contributed by atoms with van der Waals surface area (Å²) >= 11 is 0. The molecule has 19 heavy (non-hydrogen) atoms. The SMILES string of the molecule is CCN(CC)CCCNC(C)c1ccc(OC)cc1. The van der Waals surface area contributed by atoms with E-state index in [4.69, 9.17) is 4.74 Å². The fourth-order valence-electron chi connectivity index (χ4n) is 2.17. The van der Waals surface area contributed by atoms with Gasteiger partial charge >= 0.3 is 0 Å². The van der Waals surface area contributed by atoms with E-state index in [1.165, 1.54) is 18.5 Å². The fourth-order valence-corrected chi connectivity index (χ4v) is 2.17. The maximum absolute atomic E-state index is 5.17. The molecule has 0 aliphatic rings. The van der Waals surface area contributed by atoms with Crippen molar-refractivity contribution in [3.63, 3.8) is 0 Å². The standard InChI is InChI=1S/C16H28N2O/c1-5-18(6-2)13-7-12-17-14(3)15-8-10-16(19-4)11-9-15/h8-11,14,17H,5-7,12-13H2,1-4H3. The Morgan fingerprint density at radius 1 is 1.16 bits per heavy atom. The molecule has 1 atom stereocenters. The van der Waals surface area contributed by atoms with E-state index in [1.807, 2.05) is 12.1 Å². The van der Waals surface area contributed by atoms with Crippen LogP contribution in [0.4, 0.5) is 0 Å². The van der Waals surface area contributed by atoms with Gasteiger partial charge in [0.2, 0.25) is 0 Å². The molecule has 0 saturated heterocycles. The Morgan fingerprint density at radius 2 is 1.79 bits per heavy atom. The largest absolute Gasteiger partial charge is 0.497 e. The molecule has 108 valence electrons. The Kier molecular flexibility index (Phi) is 7.53. The molecule has 0 amide bonds. The van der Waals surface area contributed by atoms with Crippen LogP contribution in [0.1, 0.15) is 38.8 Å². The Morgan fingerprint density at radius 3 is 2.32 bits per heavy atom. The molecule has 1 rings (SSSR count). The first-order chi connectivity index (χ1) is 9.21. The van der Waals surface area contributed by atoms with Crippen molar-refractivity contribution in [3.8, 4) is 5.75 Å². The van der Waals surface area contributed by atoms with Crippen LogP contribution in [0.5, 0.6) is 5.75 Å². The van der Waals surface area contributed by atoms with Crippen molar-refractivity contribution in [1.82, 2.24) is 10.2 Å². The summed E-state index contributed by atoms with van der Waals surface area (Å²) in [6, 6.07) is 8.68. The molecule has 1 aromatic rings. The monoisotopic (exact) mass is 264 g/mol. The molecule has 3 heteroatoms. The first-order valence-electron chi connectivity index (χ1n) is 7.30. The van der Waals surface area contributed by atoms with Gasteiger partial charge in [-0.25, -0.2) is 0 Å². The lowest BCUT2D eigenvalue weighted by molar-refractivity contribution is 0.296. The fraction of sp³-hybridized carbons (Fsp3) is 0.625. The Labute approximate surface area is 118 Å². The van der Waals surface area contributed by atoms with Crippen LogP contribution in [0, 0.1) is 0 Å². The Bertz CT molecular complexity index is 333. The molecular weight excluding hydrogens is 236 g/mol. The Hall–Kier alpha value is -1.06. The maximum Gasteiger partial charge on any atom is 0.118 e. The van der Waals surface area contributed by atoms with Gasteiger partial charge in [-0.15, -0.1) is 0 Å². The van der Waals surface area contributed by atoms with Gasteiger partial charge in [-0.2, -0.15) is 0 Å². The second-order valence-corrected chi connectivity index (χ2v) is 4.83. The summed E-state index contributed by atoms with van der Waals surface area (Å²) in [7, 11) is 1.70. The third-order valence-electron chi connectivity index (χ3n) is 3.61. The molecule has 0 spiro atoms. The maximum atomic E-state index is 5.17. The predicted molar refractivity (Wildman–Crippen MR) is 81.8 cm³/mol. The molecule has 1 N–H and O–H groups in total. The lowest BCUT2D eigenvalue weighted by Crippen LogP contribution is -2.28. The second kappa shape index (κ2) is 8.94. The molecule has 0 bridgehead atoms. The van der Waals surface area contributed by atoms with Crippen molar-refractivity contribution < 1.29 is 4.74 Å². The number of benzene rings is 1. The molecule has 1 aromatic carbocycles. The topological polar surface area (TPSA) is 24.5 Å². The van der Waals surface area contributed by atoms with Gasteiger partial charge < -0.3 is 15.0 Å². The van der Waals surface area contributed by atoms with E-state index in [9.17, 15) is 0 Å². The first kappa shape index (κ1) is 16.0. The van der Waals surface area contributed by atoms with Crippen LogP contribution in [0.3, 0.4) is 0 Å². The molecular formula is C16H28N2O. The smallest absolute Gasteiger partial charge is 0.118 e. The lowest BCUT2D eigenvalue weighted by Gasteiger charge is -2.19. The molecule has 0 saturated carbocycles. The molecule has 0 aromatic heterocycles. The highest BCUT2D eigenvalue weighted by molar-refractivity contribution is 5.28. The zero-order valence-electron chi connectivity index (χ0n) is 12.8.